The topological polar surface area (TPSA) is 63.1 Å². The van der Waals surface area contributed by atoms with Gasteiger partial charge in [0.1, 0.15) is 0 Å². The zero-order valence-electron chi connectivity index (χ0n) is 12.9. The monoisotopic (exact) mass is 319 g/mol. The summed E-state index contributed by atoms with van der Waals surface area (Å²) in [5, 5.41) is 9.66. The van der Waals surface area contributed by atoms with Crippen LogP contribution in [0, 0.1) is 0 Å². The van der Waals surface area contributed by atoms with Crippen molar-refractivity contribution in [3.63, 3.8) is 0 Å². The highest BCUT2D eigenvalue weighted by Crippen LogP contribution is 2.28. The second-order valence-electron chi connectivity index (χ2n) is 5.69. The first-order valence-electron chi connectivity index (χ1n) is 7.57. The van der Waals surface area contributed by atoms with Crippen LogP contribution >= 0.6 is 11.3 Å². The molecule has 1 fully saturated rings. The molecule has 118 valence electrons. The van der Waals surface area contributed by atoms with Gasteiger partial charge in [-0.2, -0.15) is 5.10 Å². The normalized spacial score (nSPS) is 18.3. The predicted octanol–water partition coefficient (Wildman–Crippen LogP) is 2.08. The Bertz CT molecular complexity index is 616. The molecule has 0 aromatic carbocycles. The van der Waals surface area contributed by atoms with Gasteiger partial charge in [-0.3, -0.25) is 14.4 Å². The molecule has 1 unspecified atom stereocenters. The van der Waals surface area contributed by atoms with Gasteiger partial charge in [-0.25, -0.2) is 4.98 Å². The molecule has 3 rings (SSSR count). The fraction of sp³-hybridized carbons (Fsp3) is 0.533. The van der Waals surface area contributed by atoms with Crippen LogP contribution in [0.3, 0.4) is 0 Å². The van der Waals surface area contributed by atoms with Crippen LogP contribution in [0.1, 0.15) is 31.4 Å². The molecule has 0 bridgehead atoms. The van der Waals surface area contributed by atoms with Crippen LogP contribution < -0.4 is 5.32 Å². The molecule has 1 aliphatic rings. The molecule has 1 saturated heterocycles. The van der Waals surface area contributed by atoms with Gasteiger partial charge in [0.15, 0.2) is 5.13 Å². The Morgan fingerprint density at radius 2 is 2.18 bits per heavy atom. The van der Waals surface area contributed by atoms with Crippen molar-refractivity contribution < 1.29 is 4.79 Å². The highest BCUT2D eigenvalue weighted by atomic mass is 32.1. The molecule has 1 atom stereocenters. The van der Waals surface area contributed by atoms with Crippen LogP contribution in [0.25, 0.3) is 0 Å². The van der Waals surface area contributed by atoms with Gasteiger partial charge in [-0.1, -0.05) is 0 Å². The van der Waals surface area contributed by atoms with E-state index < -0.39 is 0 Å². The van der Waals surface area contributed by atoms with Crippen LogP contribution in [-0.4, -0.2) is 44.7 Å². The van der Waals surface area contributed by atoms with Crippen LogP contribution in [0.5, 0.6) is 0 Å². The summed E-state index contributed by atoms with van der Waals surface area (Å²) in [6.07, 6.45) is 5.68. The summed E-state index contributed by atoms with van der Waals surface area (Å²) >= 11 is 1.44. The maximum absolute atomic E-state index is 12.3. The summed E-state index contributed by atoms with van der Waals surface area (Å²) in [6, 6.07) is 1.97. The van der Waals surface area contributed by atoms with Gasteiger partial charge in [-0.05, 0) is 38.9 Å². The summed E-state index contributed by atoms with van der Waals surface area (Å²) in [4.78, 5) is 18.6. The van der Waals surface area contributed by atoms with E-state index in [2.05, 4.69) is 26.4 Å². The average molecular weight is 319 g/mol. The van der Waals surface area contributed by atoms with E-state index in [1.165, 1.54) is 17.0 Å². The largest absolute Gasteiger partial charge is 0.301 e. The maximum Gasteiger partial charge on any atom is 0.243 e. The molecular weight excluding hydrogens is 298 g/mol. The molecule has 0 spiro atoms. The fourth-order valence-corrected chi connectivity index (χ4v) is 3.56. The Labute approximate surface area is 134 Å². The maximum atomic E-state index is 12.3. The molecule has 6 nitrogen and oxygen atoms in total. The third-order valence-electron chi connectivity index (χ3n) is 4.40. The molecule has 0 saturated carbocycles. The lowest BCUT2D eigenvalue weighted by atomic mass is 9.92. The van der Waals surface area contributed by atoms with Crippen molar-refractivity contribution in [2.45, 2.75) is 31.7 Å². The second kappa shape index (κ2) is 6.58. The Morgan fingerprint density at radius 3 is 2.77 bits per heavy atom. The third kappa shape index (κ3) is 3.20. The first-order valence-corrected chi connectivity index (χ1v) is 8.45. The van der Waals surface area contributed by atoms with E-state index in [-0.39, 0.29) is 11.9 Å². The van der Waals surface area contributed by atoms with E-state index in [1.807, 2.05) is 30.2 Å². The molecule has 1 N–H and O–H groups in total. The van der Waals surface area contributed by atoms with E-state index in [9.17, 15) is 4.79 Å². The van der Waals surface area contributed by atoms with E-state index >= 15 is 0 Å². The zero-order valence-corrected chi connectivity index (χ0v) is 13.7. The van der Waals surface area contributed by atoms with E-state index in [1.54, 1.807) is 6.20 Å². The Kier molecular flexibility index (Phi) is 4.54. The Morgan fingerprint density at radius 1 is 1.41 bits per heavy atom. The van der Waals surface area contributed by atoms with Gasteiger partial charge in [0, 0.05) is 36.4 Å². The number of carbonyl (C=O) groups excluding carboxylic acids is 1. The molecule has 3 heterocycles. The quantitative estimate of drug-likeness (QED) is 0.937. The zero-order chi connectivity index (χ0) is 15.5. The van der Waals surface area contributed by atoms with E-state index in [0.717, 1.165) is 25.9 Å². The van der Waals surface area contributed by atoms with E-state index in [4.69, 9.17) is 0 Å². The van der Waals surface area contributed by atoms with Gasteiger partial charge in [0.05, 0.1) is 6.04 Å². The van der Waals surface area contributed by atoms with Crippen molar-refractivity contribution in [1.29, 1.82) is 0 Å². The van der Waals surface area contributed by atoms with Crippen molar-refractivity contribution in [2.24, 2.45) is 7.05 Å². The predicted molar refractivity (Wildman–Crippen MR) is 87.0 cm³/mol. The standard InChI is InChI=1S/C15H21N5OS/c1-11(14(21)18-15-16-7-10-22-15)20-8-4-12(5-9-20)13-3-6-17-19(13)2/h3,6-7,10-12H,4-5,8-9H2,1-2H3,(H,16,18,21). The van der Waals surface area contributed by atoms with Gasteiger partial charge in [0.25, 0.3) is 0 Å². The lowest BCUT2D eigenvalue weighted by molar-refractivity contribution is -0.121. The van der Waals surface area contributed by atoms with Crippen molar-refractivity contribution in [1.82, 2.24) is 19.7 Å². The number of thiazole rings is 1. The molecule has 22 heavy (non-hydrogen) atoms. The van der Waals surface area contributed by atoms with Crippen LogP contribution in [-0.2, 0) is 11.8 Å². The molecule has 2 aromatic heterocycles. The summed E-state index contributed by atoms with van der Waals surface area (Å²) in [5.74, 6) is 0.562. The Hall–Kier alpha value is -1.73. The smallest absolute Gasteiger partial charge is 0.243 e. The average Bonchev–Trinajstić information content (AvgIpc) is 3.18. The SMILES string of the molecule is CC(C(=O)Nc1nccs1)N1CCC(c2ccnn2C)CC1. The van der Waals surface area contributed by atoms with Gasteiger partial charge >= 0.3 is 0 Å². The first kappa shape index (κ1) is 15.2. The number of piperidine rings is 1. The van der Waals surface area contributed by atoms with Crippen molar-refractivity contribution in [3.05, 3.63) is 29.5 Å². The van der Waals surface area contributed by atoms with Crippen LogP contribution in [0.2, 0.25) is 0 Å². The first-order chi connectivity index (χ1) is 10.6. The lowest BCUT2D eigenvalue weighted by Crippen LogP contribution is -2.45. The molecular formula is C15H21N5OS. The third-order valence-corrected chi connectivity index (χ3v) is 5.08. The summed E-state index contributed by atoms with van der Waals surface area (Å²) in [6.45, 7) is 3.83. The van der Waals surface area contributed by atoms with Gasteiger partial charge in [-0.15, -0.1) is 11.3 Å². The summed E-state index contributed by atoms with van der Waals surface area (Å²) in [5.41, 5.74) is 1.29. The summed E-state index contributed by atoms with van der Waals surface area (Å²) in [7, 11) is 1.99. The second-order valence-corrected chi connectivity index (χ2v) is 6.59. The number of aryl methyl sites for hydroxylation is 1. The van der Waals surface area contributed by atoms with Crippen molar-refractivity contribution in [3.8, 4) is 0 Å². The van der Waals surface area contributed by atoms with E-state index in [0.29, 0.717) is 11.0 Å². The number of anilines is 1. The number of likely N-dealkylation sites (tertiary alicyclic amines) is 1. The highest BCUT2D eigenvalue weighted by Gasteiger charge is 2.28. The highest BCUT2D eigenvalue weighted by molar-refractivity contribution is 7.13. The number of carbonyl (C=O) groups is 1. The minimum absolute atomic E-state index is 0.0222. The van der Waals surface area contributed by atoms with Gasteiger partial charge in [0.2, 0.25) is 5.91 Å². The minimum atomic E-state index is -0.128. The molecule has 7 heteroatoms. The fourth-order valence-electron chi connectivity index (χ4n) is 3.03. The molecule has 0 radical (unpaired) electrons. The number of nitrogens with one attached hydrogen (secondary N) is 1. The lowest BCUT2D eigenvalue weighted by Gasteiger charge is -2.35. The minimum Gasteiger partial charge on any atom is -0.301 e. The molecule has 1 aliphatic heterocycles. The summed E-state index contributed by atoms with van der Waals surface area (Å²) < 4.78 is 1.96. The molecule has 0 aliphatic carbocycles. The number of hydrogen-bond donors (Lipinski definition) is 1. The number of nitrogens with zero attached hydrogens (tertiary/aromatic N) is 4. The molecule has 1 amide bonds. The number of hydrogen-bond acceptors (Lipinski definition) is 5. The van der Waals surface area contributed by atoms with Crippen molar-refractivity contribution in [2.75, 3.05) is 18.4 Å². The molecule has 2 aromatic rings. The Balaban J connectivity index is 1.54. The van der Waals surface area contributed by atoms with Gasteiger partial charge < -0.3 is 5.32 Å². The van der Waals surface area contributed by atoms with Crippen molar-refractivity contribution >= 4 is 22.4 Å². The number of amides is 1. The van der Waals surface area contributed by atoms with Crippen LogP contribution in [0.15, 0.2) is 23.8 Å². The van der Waals surface area contributed by atoms with Crippen LogP contribution in [0.4, 0.5) is 5.13 Å². The number of rotatable bonds is 4. The number of aromatic nitrogens is 3.